The van der Waals surface area contributed by atoms with E-state index in [1.807, 2.05) is 39.8 Å². The summed E-state index contributed by atoms with van der Waals surface area (Å²) >= 11 is 6.24. The summed E-state index contributed by atoms with van der Waals surface area (Å²) < 4.78 is 0. The summed E-state index contributed by atoms with van der Waals surface area (Å²) in [6.45, 7) is 7.59. The van der Waals surface area contributed by atoms with Gasteiger partial charge in [-0.25, -0.2) is 4.98 Å². The Balaban J connectivity index is 0.00000400. The molecule has 1 aromatic heterocycles. The summed E-state index contributed by atoms with van der Waals surface area (Å²) in [6.07, 6.45) is 0. The number of halogens is 2. The van der Waals surface area contributed by atoms with Crippen molar-refractivity contribution in [2.24, 2.45) is 5.92 Å². The molecule has 0 saturated carbocycles. The summed E-state index contributed by atoms with van der Waals surface area (Å²) in [7, 11) is 0. The number of imidazole rings is 1. The molecule has 0 saturated heterocycles. The fraction of sp³-hybridized carbons (Fsp3) is 0.250. The van der Waals surface area contributed by atoms with Gasteiger partial charge in [0.1, 0.15) is 5.52 Å². The average Bonchev–Trinajstić information content (AvgIpc) is 3.27. The van der Waals surface area contributed by atoms with Crippen molar-refractivity contribution in [1.29, 1.82) is 0 Å². The van der Waals surface area contributed by atoms with Gasteiger partial charge in [0, 0.05) is 22.0 Å². The van der Waals surface area contributed by atoms with Crippen LogP contribution < -0.4 is 16.0 Å². The Labute approximate surface area is 232 Å². The number of amides is 2. The number of nitrogens with one attached hydrogen (secondary N) is 4. The number of hydrogen-bond acceptors (Lipinski definition) is 5. The highest BCUT2D eigenvalue weighted by molar-refractivity contribution is 6.31. The minimum Gasteiger partial charge on any atom is -0.394 e. The first-order chi connectivity index (χ1) is 17.7. The molecule has 0 aliphatic rings. The highest BCUT2D eigenvalue weighted by Gasteiger charge is 2.20. The Kier molecular flexibility index (Phi) is 9.38. The Bertz CT molecular complexity index is 1470. The molecule has 1 atom stereocenters. The first kappa shape index (κ1) is 29.0. The van der Waals surface area contributed by atoms with Crippen molar-refractivity contribution in [3.8, 4) is 0 Å². The predicted octanol–water partition coefficient (Wildman–Crippen LogP) is 6.19. The molecule has 4 aromatic rings. The summed E-state index contributed by atoms with van der Waals surface area (Å²) in [4.78, 5) is 34.2. The molecule has 1 heterocycles. The van der Waals surface area contributed by atoms with Gasteiger partial charge in [0.05, 0.1) is 23.7 Å². The molecule has 10 heteroatoms. The zero-order valence-electron chi connectivity index (χ0n) is 21.6. The zero-order valence-corrected chi connectivity index (χ0v) is 23.1. The molecule has 5 N–H and O–H groups in total. The lowest BCUT2D eigenvalue weighted by molar-refractivity contribution is 0.101. The van der Waals surface area contributed by atoms with Crippen molar-refractivity contribution in [3.05, 3.63) is 81.9 Å². The third-order valence-electron chi connectivity index (χ3n) is 6.32. The molecule has 8 nitrogen and oxygen atoms in total. The molecule has 0 radical (unpaired) electrons. The van der Waals surface area contributed by atoms with E-state index in [1.54, 1.807) is 42.5 Å². The van der Waals surface area contributed by atoms with Crippen LogP contribution in [0.5, 0.6) is 0 Å². The van der Waals surface area contributed by atoms with Gasteiger partial charge in [-0.2, -0.15) is 0 Å². The van der Waals surface area contributed by atoms with Gasteiger partial charge in [0.25, 0.3) is 11.8 Å². The second-order valence-electron chi connectivity index (χ2n) is 9.32. The summed E-state index contributed by atoms with van der Waals surface area (Å²) in [5.74, 6) is -0.121. The van der Waals surface area contributed by atoms with E-state index in [0.717, 1.165) is 11.1 Å². The molecule has 38 heavy (non-hydrogen) atoms. The minimum atomic E-state index is -0.400. The van der Waals surface area contributed by atoms with E-state index in [4.69, 9.17) is 11.6 Å². The van der Waals surface area contributed by atoms with Crippen LogP contribution in [0.2, 0.25) is 5.02 Å². The number of aliphatic hydroxyl groups is 1. The van der Waals surface area contributed by atoms with Gasteiger partial charge in [-0.3, -0.25) is 9.59 Å². The maximum Gasteiger partial charge on any atom is 0.258 e. The van der Waals surface area contributed by atoms with E-state index >= 15 is 0 Å². The largest absolute Gasteiger partial charge is 0.394 e. The number of anilines is 3. The summed E-state index contributed by atoms with van der Waals surface area (Å²) in [5.41, 5.74) is 4.38. The van der Waals surface area contributed by atoms with Crippen LogP contribution in [0, 0.1) is 19.8 Å². The van der Waals surface area contributed by atoms with Crippen molar-refractivity contribution in [2.45, 2.75) is 33.7 Å². The lowest BCUT2D eigenvalue weighted by Gasteiger charge is -2.18. The van der Waals surface area contributed by atoms with Crippen LogP contribution in [0.15, 0.2) is 54.6 Å². The van der Waals surface area contributed by atoms with E-state index in [9.17, 15) is 14.7 Å². The zero-order chi connectivity index (χ0) is 26.7. The van der Waals surface area contributed by atoms with Crippen LogP contribution in [0.1, 0.15) is 45.7 Å². The van der Waals surface area contributed by atoms with Crippen molar-refractivity contribution >= 4 is 64.2 Å². The number of aliphatic hydroxyl groups excluding tert-OH is 1. The van der Waals surface area contributed by atoms with E-state index in [1.165, 1.54) is 0 Å². The molecular weight excluding hydrogens is 525 g/mol. The molecule has 4 rings (SSSR count). The number of H-pyrrole nitrogens is 1. The van der Waals surface area contributed by atoms with Gasteiger partial charge in [0.2, 0.25) is 5.95 Å². The van der Waals surface area contributed by atoms with Crippen LogP contribution in [0.4, 0.5) is 17.3 Å². The topological polar surface area (TPSA) is 119 Å². The van der Waals surface area contributed by atoms with Gasteiger partial charge in [-0.15, -0.1) is 12.4 Å². The fourth-order valence-electron chi connectivity index (χ4n) is 3.99. The number of hydrogen-bond donors (Lipinski definition) is 5. The van der Waals surface area contributed by atoms with Crippen LogP contribution >= 0.6 is 24.0 Å². The summed E-state index contributed by atoms with van der Waals surface area (Å²) in [5, 5.41) is 19.3. The van der Waals surface area contributed by atoms with E-state index in [-0.39, 0.29) is 42.4 Å². The maximum atomic E-state index is 13.5. The number of carbonyl (C=O) groups excluding carboxylic acids is 2. The Hall–Kier alpha value is -3.59. The van der Waals surface area contributed by atoms with Gasteiger partial charge < -0.3 is 26.0 Å². The van der Waals surface area contributed by atoms with Gasteiger partial charge in [0.15, 0.2) is 0 Å². The Morgan fingerprint density at radius 2 is 1.71 bits per heavy atom. The number of aromatic amines is 1. The van der Waals surface area contributed by atoms with Crippen molar-refractivity contribution in [1.82, 2.24) is 9.97 Å². The molecule has 0 aliphatic heterocycles. The molecule has 0 aliphatic carbocycles. The molecular formula is C28H31Cl2N5O3. The quantitative estimate of drug-likeness (QED) is 0.177. The standard InChI is InChI=1S/C28H30ClN5O3.ClH/c1-15(2)24(14-35)33-28-32-23-13-18(30-26(36)19-9-6-5-8-16(19)3)12-20(25(23)34-28)27(37)31-22-11-7-10-21(29)17(22)4;/h5-13,15,24,35H,14H2,1-4H3,(H,30,36)(H,31,37)(H2,32,33,34);1H/t24-;/m0./s1. The summed E-state index contributed by atoms with van der Waals surface area (Å²) in [6, 6.07) is 15.7. The van der Waals surface area contributed by atoms with Crippen LogP contribution in [-0.4, -0.2) is 39.5 Å². The number of nitrogens with zero attached hydrogens (tertiary/aromatic N) is 1. The Morgan fingerprint density at radius 1 is 1.00 bits per heavy atom. The number of rotatable bonds is 8. The lowest BCUT2D eigenvalue weighted by atomic mass is 10.1. The molecule has 200 valence electrons. The fourth-order valence-corrected chi connectivity index (χ4v) is 4.16. The average molecular weight is 556 g/mol. The monoisotopic (exact) mass is 555 g/mol. The molecule has 0 fully saturated rings. The van der Waals surface area contributed by atoms with E-state index in [0.29, 0.717) is 38.9 Å². The molecule has 0 bridgehead atoms. The first-order valence-corrected chi connectivity index (χ1v) is 12.4. The van der Waals surface area contributed by atoms with Gasteiger partial charge in [-0.05, 0) is 61.2 Å². The maximum absolute atomic E-state index is 13.5. The normalized spacial score (nSPS) is 11.7. The highest BCUT2D eigenvalue weighted by atomic mass is 35.5. The van der Waals surface area contributed by atoms with Crippen molar-refractivity contribution < 1.29 is 14.7 Å². The SMILES string of the molecule is Cc1ccccc1C(=O)Nc1cc(C(=O)Nc2cccc(Cl)c2C)c2nc(N[C@@H](CO)C(C)C)[nH]c2c1.Cl. The smallest absolute Gasteiger partial charge is 0.258 e. The molecule has 2 amide bonds. The lowest BCUT2D eigenvalue weighted by Crippen LogP contribution is -2.29. The van der Waals surface area contributed by atoms with Crippen LogP contribution in [-0.2, 0) is 0 Å². The van der Waals surface area contributed by atoms with E-state index < -0.39 is 5.91 Å². The van der Waals surface area contributed by atoms with Gasteiger partial charge >= 0.3 is 0 Å². The predicted molar refractivity (Wildman–Crippen MR) is 156 cm³/mol. The van der Waals surface area contributed by atoms with Gasteiger partial charge in [-0.1, -0.05) is 49.7 Å². The number of fused-ring (bicyclic) bond motifs is 1. The second kappa shape index (κ2) is 12.3. The molecule has 0 unspecified atom stereocenters. The number of aryl methyl sites for hydroxylation is 1. The van der Waals surface area contributed by atoms with Crippen molar-refractivity contribution in [3.63, 3.8) is 0 Å². The van der Waals surface area contributed by atoms with Crippen LogP contribution in [0.25, 0.3) is 11.0 Å². The first-order valence-electron chi connectivity index (χ1n) is 12.0. The Morgan fingerprint density at radius 3 is 2.39 bits per heavy atom. The van der Waals surface area contributed by atoms with Crippen molar-refractivity contribution in [2.75, 3.05) is 22.6 Å². The minimum absolute atomic E-state index is 0. The van der Waals surface area contributed by atoms with E-state index in [2.05, 4.69) is 25.9 Å². The number of carbonyl (C=O) groups is 2. The number of benzene rings is 3. The number of aromatic nitrogens is 2. The second-order valence-corrected chi connectivity index (χ2v) is 9.73. The third-order valence-corrected chi connectivity index (χ3v) is 6.73. The molecule has 3 aromatic carbocycles. The highest BCUT2D eigenvalue weighted by Crippen LogP contribution is 2.28. The molecule has 0 spiro atoms. The van der Waals surface area contributed by atoms with Crippen LogP contribution in [0.3, 0.4) is 0 Å². The third kappa shape index (κ3) is 6.27.